The van der Waals surface area contributed by atoms with Gasteiger partial charge < -0.3 is 10.2 Å². The van der Waals surface area contributed by atoms with Crippen molar-refractivity contribution in [2.75, 3.05) is 39.3 Å². The van der Waals surface area contributed by atoms with Gasteiger partial charge in [0.1, 0.15) is 16.5 Å². The van der Waals surface area contributed by atoms with Crippen molar-refractivity contribution < 1.29 is 31.7 Å². The van der Waals surface area contributed by atoms with Crippen molar-refractivity contribution >= 4 is 22.0 Å². The molecule has 0 aromatic heterocycles. The van der Waals surface area contributed by atoms with Gasteiger partial charge in [0.25, 0.3) is 5.91 Å². The SMILES string of the molecule is CCCNC(=O)NC(=O)C[NH+]1CCN(S(=O)(=O)c2ccc(F)cc2F)CC1. The molecular formula is C16H23F2N4O4S+. The Morgan fingerprint density at radius 1 is 1.22 bits per heavy atom. The summed E-state index contributed by atoms with van der Waals surface area (Å²) in [6.07, 6.45) is 0.748. The first kappa shape index (κ1) is 21.2. The second-order valence-corrected chi connectivity index (χ2v) is 8.12. The van der Waals surface area contributed by atoms with Gasteiger partial charge in [-0.3, -0.25) is 10.1 Å². The third kappa shape index (κ3) is 5.68. The summed E-state index contributed by atoms with van der Waals surface area (Å²) in [7, 11) is -4.08. The highest BCUT2D eigenvalue weighted by Gasteiger charge is 2.33. The molecule has 2 rings (SSSR count). The molecule has 0 radical (unpaired) electrons. The van der Waals surface area contributed by atoms with E-state index in [4.69, 9.17) is 0 Å². The second kappa shape index (κ2) is 9.20. The number of urea groups is 1. The van der Waals surface area contributed by atoms with Crippen molar-refractivity contribution in [1.29, 1.82) is 0 Å². The van der Waals surface area contributed by atoms with E-state index >= 15 is 0 Å². The maximum Gasteiger partial charge on any atom is 0.321 e. The van der Waals surface area contributed by atoms with Gasteiger partial charge >= 0.3 is 6.03 Å². The van der Waals surface area contributed by atoms with Crippen LogP contribution in [0.25, 0.3) is 0 Å². The smallest absolute Gasteiger partial charge is 0.321 e. The lowest BCUT2D eigenvalue weighted by atomic mass is 10.3. The lowest BCUT2D eigenvalue weighted by Crippen LogP contribution is -3.15. The maximum absolute atomic E-state index is 13.8. The number of nitrogens with zero attached hydrogens (tertiary/aromatic N) is 1. The Morgan fingerprint density at radius 3 is 2.48 bits per heavy atom. The van der Waals surface area contributed by atoms with E-state index in [1.54, 1.807) is 0 Å². The van der Waals surface area contributed by atoms with Crippen LogP contribution >= 0.6 is 0 Å². The van der Waals surface area contributed by atoms with Crippen molar-refractivity contribution in [2.45, 2.75) is 18.2 Å². The van der Waals surface area contributed by atoms with Crippen LogP contribution in [0.4, 0.5) is 13.6 Å². The molecule has 1 aromatic carbocycles. The number of carbonyl (C=O) groups is 2. The number of nitrogens with one attached hydrogen (secondary N) is 3. The number of rotatable bonds is 6. The fraction of sp³-hybridized carbons (Fsp3) is 0.500. The number of hydrogen-bond acceptors (Lipinski definition) is 4. The number of piperazine rings is 1. The van der Waals surface area contributed by atoms with Gasteiger partial charge in [0.15, 0.2) is 6.54 Å². The Hall–Kier alpha value is -2.11. The highest BCUT2D eigenvalue weighted by molar-refractivity contribution is 7.89. The first-order valence-electron chi connectivity index (χ1n) is 8.60. The van der Waals surface area contributed by atoms with Gasteiger partial charge in [-0.25, -0.2) is 22.0 Å². The number of amides is 3. The Labute approximate surface area is 156 Å². The van der Waals surface area contributed by atoms with E-state index in [9.17, 15) is 26.8 Å². The lowest BCUT2D eigenvalue weighted by Gasteiger charge is -2.31. The van der Waals surface area contributed by atoms with Crippen LogP contribution in [0.2, 0.25) is 0 Å². The Kier molecular flexibility index (Phi) is 7.22. The molecule has 11 heteroatoms. The van der Waals surface area contributed by atoms with E-state index in [0.717, 1.165) is 27.8 Å². The molecule has 27 heavy (non-hydrogen) atoms. The molecule has 0 saturated carbocycles. The Balaban J connectivity index is 1.89. The molecule has 0 unspecified atom stereocenters. The van der Waals surface area contributed by atoms with Crippen LogP contribution in [0.15, 0.2) is 23.1 Å². The van der Waals surface area contributed by atoms with Gasteiger partial charge in [0, 0.05) is 12.6 Å². The third-order valence-corrected chi connectivity index (χ3v) is 6.07. The molecule has 1 aromatic rings. The molecule has 1 fully saturated rings. The average molecular weight is 405 g/mol. The standard InChI is InChI=1S/C16H22F2N4O4S/c1-2-5-19-16(24)20-15(23)11-21-6-8-22(9-7-21)27(25,26)14-4-3-12(17)10-13(14)18/h3-4,10H,2,5-9,11H2,1H3,(H2,19,20,23,24)/p+1. The fourth-order valence-corrected chi connectivity index (χ4v) is 4.21. The summed E-state index contributed by atoms with van der Waals surface area (Å²) in [5, 5.41) is 4.74. The molecule has 8 nitrogen and oxygen atoms in total. The summed E-state index contributed by atoms with van der Waals surface area (Å²) >= 11 is 0. The van der Waals surface area contributed by atoms with Crippen molar-refractivity contribution in [1.82, 2.24) is 14.9 Å². The first-order valence-corrected chi connectivity index (χ1v) is 10.0. The van der Waals surface area contributed by atoms with Crippen molar-refractivity contribution in [3.63, 3.8) is 0 Å². The second-order valence-electron chi connectivity index (χ2n) is 6.21. The van der Waals surface area contributed by atoms with E-state index in [-0.39, 0.29) is 19.6 Å². The van der Waals surface area contributed by atoms with Gasteiger partial charge in [-0.2, -0.15) is 4.31 Å². The number of quaternary nitrogens is 1. The molecule has 0 spiro atoms. The molecule has 1 heterocycles. The van der Waals surface area contributed by atoms with Crippen LogP contribution in [0.3, 0.4) is 0 Å². The number of hydrogen-bond donors (Lipinski definition) is 3. The largest absolute Gasteiger partial charge is 0.338 e. The number of sulfonamides is 1. The van der Waals surface area contributed by atoms with Crippen LogP contribution in [0.5, 0.6) is 0 Å². The van der Waals surface area contributed by atoms with Crippen molar-refractivity contribution in [3.05, 3.63) is 29.8 Å². The molecule has 1 saturated heterocycles. The number of imide groups is 1. The van der Waals surface area contributed by atoms with Gasteiger partial charge in [-0.15, -0.1) is 0 Å². The van der Waals surface area contributed by atoms with Crippen molar-refractivity contribution in [2.24, 2.45) is 0 Å². The quantitative estimate of drug-likeness (QED) is 0.571. The number of halogens is 2. The predicted molar refractivity (Wildman–Crippen MR) is 92.5 cm³/mol. The highest BCUT2D eigenvalue weighted by atomic mass is 32.2. The zero-order valence-corrected chi connectivity index (χ0v) is 15.7. The molecule has 1 aliphatic heterocycles. The number of carbonyl (C=O) groups excluding carboxylic acids is 2. The minimum Gasteiger partial charge on any atom is -0.338 e. The van der Waals surface area contributed by atoms with Gasteiger partial charge in [0.2, 0.25) is 10.0 Å². The zero-order chi connectivity index (χ0) is 20.0. The minimum atomic E-state index is -4.08. The molecule has 3 amide bonds. The summed E-state index contributed by atoms with van der Waals surface area (Å²) in [4.78, 5) is 23.5. The van der Waals surface area contributed by atoms with Crippen LogP contribution in [-0.4, -0.2) is 63.9 Å². The Morgan fingerprint density at radius 2 is 1.89 bits per heavy atom. The summed E-state index contributed by atoms with van der Waals surface area (Å²) in [6.45, 7) is 3.20. The maximum atomic E-state index is 13.8. The lowest BCUT2D eigenvalue weighted by molar-refractivity contribution is -0.895. The van der Waals surface area contributed by atoms with Crippen LogP contribution < -0.4 is 15.5 Å². The van der Waals surface area contributed by atoms with E-state index in [1.165, 1.54) is 0 Å². The van der Waals surface area contributed by atoms with Gasteiger partial charge in [-0.1, -0.05) is 6.92 Å². The van der Waals surface area contributed by atoms with Crippen LogP contribution in [0, 0.1) is 11.6 Å². The van der Waals surface area contributed by atoms with E-state index < -0.39 is 38.5 Å². The summed E-state index contributed by atoms with van der Waals surface area (Å²) in [5.41, 5.74) is 0. The van der Waals surface area contributed by atoms with Gasteiger partial charge in [-0.05, 0) is 18.6 Å². The van der Waals surface area contributed by atoms with Crippen molar-refractivity contribution in [3.8, 4) is 0 Å². The molecule has 150 valence electrons. The van der Waals surface area contributed by atoms with Crippen LogP contribution in [-0.2, 0) is 14.8 Å². The predicted octanol–water partition coefficient (Wildman–Crippen LogP) is -0.910. The molecular weight excluding hydrogens is 382 g/mol. The monoisotopic (exact) mass is 405 g/mol. The number of benzene rings is 1. The summed E-state index contributed by atoms with van der Waals surface area (Å²) < 4.78 is 53.0. The molecule has 0 aliphatic carbocycles. The topological polar surface area (TPSA) is 100 Å². The van der Waals surface area contributed by atoms with E-state index in [2.05, 4.69) is 10.6 Å². The normalized spacial score (nSPS) is 16.1. The molecule has 3 N–H and O–H groups in total. The first-order chi connectivity index (χ1) is 12.7. The molecule has 1 aliphatic rings. The minimum absolute atomic E-state index is 0.0261. The summed E-state index contributed by atoms with van der Waals surface area (Å²) in [5.74, 6) is -2.45. The average Bonchev–Trinajstić information content (AvgIpc) is 2.60. The summed E-state index contributed by atoms with van der Waals surface area (Å²) in [6, 6.07) is 1.77. The van der Waals surface area contributed by atoms with E-state index in [1.807, 2.05) is 6.92 Å². The van der Waals surface area contributed by atoms with E-state index in [0.29, 0.717) is 25.7 Å². The molecule has 0 bridgehead atoms. The molecule has 0 atom stereocenters. The van der Waals surface area contributed by atoms with Gasteiger partial charge in [0.05, 0.1) is 26.2 Å². The fourth-order valence-electron chi connectivity index (χ4n) is 2.72. The van der Waals surface area contributed by atoms with Crippen LogP contribution in [0.1, 0.15) is 13.3 Å². The highest BCUT2D eigenvalue weighted by Crippen LogP contribution is 2.20. The zero-order valence-electron chi connectivity index (χ0n) is 14.9. The Bertz CT molecular complexity index is 796. The third-order valence-electron chi connectivity index (χ3n) is 4.14.